The van der Waals surface area contributed by atoms with E-state index in [-0.39, 0.29) is 24.7 Å². The molecule has 37 heavy (non-hydrogen) atoms. The lowest BCUT2D eigenvalue weighted by Gasteiger charge is -2.06. The van der Waals surface area contributed by atoms with Crippen molar-refractivity contribution in [2.24, 2.45) is 11.8 Å². The summed E-state index contributed by atoms with van der Waals surface area (Å²) < 4.78 is 0. The summed E-state index contributed by atoms with van der Waals surface area (Å²) in [6, 6.07) is 14.7. The van der Waals surface area contributed by atoms with Gasteiger partial charge in [-0.2, -0.15) is 10.2 Å². The molecule has 0 aromatic carbocycles. The summed E-state index contributed by atoms with van der Waals surface area (Å²) in [4.78, 5) is 32.4. The second-order valence-corrected chi connectivity index (χ2v) is 9.16. The number of carbonyl (C=O) groups excluding carboxylic acids is 2. The molecule has 4 aromatic heterocycles. The number of nitrogens with zero attached hydrogens (tertiary/aromatic N) is 6. The molecule has 10 nitrogen and oxygen atoms in total. The Morgan fingerprint density at radius 1 is 0.676 bits per heavy atom. The molecule has 5 rings (SSSR count). The van der Waals surface area contributed by atoms with Crippen molar-refractivity contribution in [3.8, 4) is 0 Å². The van der Waals surface area contributed by atoms with Gasteiger partial charge in [0.2, 0.25) is 11.8 Å². The van der Waals surface area contributed by atoms with Crippen LogP contribution in [0.2, 0.25) is 0 Å². The third kappa shape index (κ3) is 7.20. The van der Waals surface area contributed by atoms with Crippen LogP contribution in [0.1, 0.15) is 28.9 Å². The van der Waals surface area contributed by atoms with Gasteiger partial charge in [0.1, 0.15) is 0 Å². The van der Waals surface area contributed by atoms with E-state index in [1.807, 2.05) is 24.3 Å². The lowest BCUT2D eigenvalue weighted by Crippen LogP contribution is -2.16. The number of carbonyl (C=O) groups is 2. The van der Waals surface area contributed by atoms with E-state index in [0.717, 1.165) is 41.8 Å². The smallest absolute Gasteiger partial charge is 0.230 e. The average Bonchev–Trinajstić information content (AvgIpc) is 3.64. The van der Waals surface area contributed by atoms with E-state index in [1.54, 1.807) is 49.1 Å². The molecule has 1 aliphatic carbocycles. The fraction of sp³-hybridized carbons (Fsp3) is 0.259. The maximum Gasteiger partial charge on any atom is 0.230 e. The third-order valence-electron chi connectivity index (χ3n) is 6.16. The Morgan fingerprint density at radius 3 is 1.54 bits per heavy atom. The minimum atomic E-state index is -0.155. The molecule has 0 aliphatic heterocycles. The van der Waals surface area contributed by atoms with Crippen LogP contribution < -0.4 is 10.6 Å². The topological polar surface area (TPSA) is 136 Å². The molecule has 0 saturated heterocycles. The molecule has 0 unspecified atom stereocenters. The number of aromatic nitrogens is 6. The summed E-state index contributed by atoms with van der Waals surface area (Å²) >= 11 is 0. The number of amides is 2. The van der Waals surface area contributed by atoms with Gasteiger partial charge in [-0.1, -0.05) is 12.1 Å². The van der Waals surface area contributed by atoms with Crippen LogP contribution in [-0.4, -0.2) is 42.2 Å². The zero-order chi connectivity index (χ0) is 25.5. The highest BCUT2D eigenvalue weighted by Crippen LogP contribution is 2.42. The Bertz CT molecular complexity index is 1230. The second-order valence-electron chi connectivity index (χ2n) is 9.16. The van der Waals surface area contributed by atoms with Gasteiger partial charge in [0, 0.05) is 24.8 Å². The molecule has 2 atom stereocenters. The highest BCUT2D eigenvalue weighted by molar-refractivity contribution is 5.91. The van der Waals surface area contributed by atoms with Crippen LogP contribution in [0.25, 0.3) is 0 Å². The fourth-order valence-electron chi connectivity index (χ4n) is 4.17. The van der Waals surface area contributed by atoms with Gasteiger partial charge < -0.3 is 10.6 Å². The monoisotopic (exact) mass is 494 g/mol. The van der Waals surface area contributed by atoms with Crippen LogP contribution in [0.4, 0.5) is 11.6 Å². The van der Waals surface area contributed by atoms with Crippen molar-refractivity contribution in [2.75, 3.05) is 10.6 Å². The van der Waals surface area contributed by atoms with Gasteiger partial charge in [-0.05, 0) is 78.6 Å². The Kier molecular flexibility index (Phi) is 7.44. The van der Waals surface area contributed by atoms with E-state index < -0.39 is 0 Å². The first kappa shape index (κ1) is 24.1. The molecule has 4 heterocycles. The molecule has 0 radical (unpaired) electrons. The summed E-state index contributed by atoms with van der Waals surface area (Å²) in [5.41, 5.74) is 3.48. The fourth-order valence-corrected chi connectivity index (χ4v) is 4.17. The molecule has 1 fully saturated rings. The number of rotatable bonds is 10. The molecule has 0 spiro atoms. The van der Waals surface area contributed by atoms with Crippen LogP contribution in [0.15, 0.2) is 73.3 Å². The largest absolute Gasteiger partial charge is 0.309 e. The third-order valence-corrected chi connectivity index (χ3v) is 6.16. The van der Waals surface area contributed by atoms with Crippen LogP contribution in [-0.2, 0) is 35.3 Å². The van der Waals surface area contributed by atoms with Crippen molar-refractivity contribution < 1.29 is 9.59 Å². The van der Waals surface area contributed by atoms with Gasteiger partial charge in [-0.3, -0.25) is 19.6 Å². The van der Waals surface area contributed by atoms with Crippen molar-refractivity contribution in [2.45, 2.75) is 32.1 Å². The number of hydrogen-bond acceptors (Lipinski definition) is 8. The molecule has 1 saturated carbocycles. The van der Waals surface area contributed by atoms with Crippen molar-refractivity contribution in [1.82, 2.24) is 30.4 Å². The van der Waals surface area contributed by atoms with Crippen LogP contribution in [0, 0.1) is 11.8 Å². The Morgan fingerprint density at radius 2 is 1.16 bits per heavy atom. The molecular weight excluding hydrogens is 468 g/mol. The lowest BCUT2D eigenvalue weighted by molar-refractivity contribution is -0.116. The average molecular weight is 495 g/mol. The number of anilines is 2. The van der Waals surface area contributed by atoms with Crippen molar-refractivity contribution in [1.29, 1.82) is 0 Å². The zero-order valence-electron chi connectivity index (χ0n) is 20.1. The first-order chi connectivity index (χ1) is 18.1. The lowest BCUT2D eigenvalue weighted by atomic mass is 10.1. The van der Waals surface area contributed by atoms with E-state index >= 15 is 0 Å². The summed E-state index contributed by atoms with van der Waals surface area (Å²) in [7, 11) is 0. The summed E-state index contributed by atoms with van der Waals surface area (Å²) in [5.74, 6) is 1.60. The molecule has 2 N–H and O–H groups in total. The first-order valence-corrected chi connectivity index (χ1v) is 12.1. The van der Waals surface area contributed by atoms with Gasteiger partial charge in [0.15, 0.2) is 11.6 Å². The number of nitrogens with one attached hydrogen (secondary N) is 2. The minimum Gasteiger partial charge on any atom is -0.309 e. The Labute approximate surface area is 214 Å². The number of hydrogen-bond donors (Lipinski definition) is 2. The molecule has 0 bridgehead atoms. The Balaban J connectivity index is 1.04. The molecule has 4 aromatic rings. The predicted octanol–water partition coefficient (Wildman–Crippen LogP) is 2.84. The summed E-state index contributed by atoms with van der Waals surface area (Å²) in [5, 5.41) is 22.4. The highest BCUT2D eigenvalue weighted by atomic mass is 16.2. The van der Waals surface area contributed by atoms with E-state index in [0.29, 0.717) is 23.5 Å². The van der Waals surface area contributed by atoms with E-state index in [9.17, 15) is 9.59 Å². The van der Waals surface area contributed by atoms with Crippen LogP contribution in [0.5, 0.6) is 0 Å². The normalized spacial score (nSPS) is 16.1. The van der Waals surface area contributed by atoms with Crippen molar-refractivity contribution >= 4 is 23.5 Å². The van der Waals surface area contributed by atoms with Crippen molar-refractivity contribution in [3.63, 3.8) is 0 Å². The first-order valence-electron chi connectivity index (χ1n) is 12.1. The molecule has 2 amide bonds. The molecule has 186 valence electrons. The van der Waals surface area contributed by atoms with Gasteiger partial charge in [-0.15, -0.1) is 10.2 Å². The molecular formula is C27H26N8O2. The quantitative estimate of drug-likeness (QED) is 0.344. The van der Waals surface area contributed by atoms with Gasteiger partial charge in [-0.25, -0.2) is 0 Å². The van der Waals surface area contributed by atoms with Gasteiger partial charge in [0.25, 0.3) is 0 Å². The zero-order valence-corrected chi connectivity index (χ0v) is 20.1. The van der Waals surface area contributed by atoms with E-state index in [4.69, 9.17) is 0 Å². The maximum atomic E-state index is 12.2. The van der Waals surface area contributed by atoms with Crippen LogP contribution in [0.3, 0.4) is 0 Å². The molecule has 10 heteroatoms. The summed E-state index contributed by atoms with van der Waals surface area (Å²) in [6.07, 6.45) is 9.92. The second kappa shape index (κ2) is 11.4. The standard InChI is InChI=1S/C27H26N8O2/c36-26(11-18-3-1-9-28-16-18)30-24-7-5-22(32-34-24)14-20-13-21(20)15-23-6-8-25(35-33-23)31-27(37)12-19-4-2-10-29-17-19/h1-10,16-17,20-21H,11-15H2,(H,30,34,36)(H,31,35,37)/t20-,21-/m0/s1. The van der Waals surface area contributed by atoms with E-state index in [1.165, 1.54) is 0 Å². The minimum absolute atomic E-state index is 0.155. The predicted molar refractivity (Wildman–Crippen MR) is 136 cm³/mol. The Hall–Kier alpha value is -4.60. The highest BCUT2D eigenvalue weighted by Gasteiger charge is 2.37. The van der Waals surface area contributed by atoms with Crippen LogP contribution >= 0.6 is 0 Å². The van der Waals surface area contributed by atoms with Crippen molar-refractivity contribution in [3.05, 3.63) is 95.8 Å². The SMILES string of the molecule is O=C(Cc1cccnc1)Nc1ccc(C[C@@H]2C[C@H]2Cc2ccc(NC(=O)Cc3cccnc3)nn2)nn1. The van der Waals surface area contributed by atoms with Gasteiger partial charge in [0.05, 0.1) is 24.2 Å². The van der Waals surface area contributed by atoms with Gasteiger partial charge >= 0.3 is 0 Å². The number of pyridine rings is 2. The molecule has 1 aliphatic rings. The maximum absolute atomic E-state index is 12.2. The summed E-state index contributed by atoms with van der Waals surface area (Å²) in [6.45, 7) is 0. The van der Waals surface area contributed by atoms with E-state index in [2.05, 4.69) is 41.0 Å².